The van der Waals surface area contributed by atoms with Gasteiger partial charge >= 0.3 is 0 Å². The Labute approximate surface area is 158 Å². The van der Waals surface area contributed by atoms with Crippen LogP contribution in [-0.2, 0) is 19.9 Å². The van der Waals surface area contributed by atoms with E-state index in [2.05, 4.69) is 4.72 Å². The van der Waals surface area contributed by atoms with Crippen molar-refractivity contribution >= 4 is 32.3 Å². The predicted molar refractivity (Wildman–Crippen MR) is 104 cm³/mol. The van der Waals surface area contributed by atoms with Crippen molar-refractivity contribution in [3.8, 4) is 0 Å². The van der Waals surface area contributed by atoms with E-state index in [0.717, 1.165) is 6.26 Å². The Morgan fingerprint density at radius 2 is 1.60 bits per heavy atom. The topological polar surface area (TPSA) is 106 Å². The number of nitrogens with two attached hydrogens (primary N) is 1. The van der Waals surface area contributed by atoms with Crippen LogP contribution >= 0.6 is 12.4 Å². The van der Waals surface area contributed by atoms with E-state index in [1.54, 1.807) is 13.8 Å². The Hall–Kier alpha value is -0.670. The minimum atomic E-state index is -3.91. The summed E-state index contributed by atoms with van der Waals surface area (Å²) < 4.78 is 52.3. The van der Waals surface area contributed by atoms with Crippen LogP contribution in [0.1, 0.15) is 38.3 Å². The molecule has 0 radical (unpaired) electrons. The zero-order valence-corrected chi connectivity index (χ0v) is 18.0. The third kappa shape index (κ3) is 6.21. The summed E-state index contributed by atoms with van der Waals surface area (Å²) in [5.74, 6) is 0.256. The fourth-order valence-corrected chi connectivity index (χ4v) is 5.81. The molecule has 0 fully saturated rings. The summed E-state index contributed by atoms with van der Waals surface area (Å²) in [7, 11) is -7.43. The maximum atomic E-state index is 12.9. The number of nitrogens with one attached hydrogen (secondary N) is 1. The van der Waals surface area contributed by atoms with Gasteiger partial charge in [0.05, 0.1) is 9.79 Å². The first-order valence-electron chi connectivity index (χ1n) is 7.77. The molecule has 0 spiro atoms. The summed E-state index contributed by atoms with van der Waals surface area (Å²) in [6, 6.07) is 2.97. The van der Waals surface area contributed by atoms with E-state index >= 15 is 0 Å². The van der Waals surface area contributed by atoms with Crippen LogP contribution in [0, 0.1) is 19.8 Å². The van der Waals surface area contributed by atoms with Crippen molar-refractivity contribution in [2.45, 2.75) is 56.4 Å². The van der Waals surface area contributed by atoms with E-state index in [0.29, 0.717) is 12.0 Å². The summed E-state index contributed by atoms with van der Waals surface area (Å²) in [6.07, 6.45) is 1.65. The lowest BCUT2D eigenvalue weighted by Crippen LogP contribution is -2.52. The lowest BCUT2D eigenvalue weighted by atomic mass is 9.92. The molecule has 146 valence electrons. The molecule has 0 saturated heterocycles. The molecule has 0 amide bonds. The lowest BCUT2D eigenvalue weighted by Gasteiger charge is -2.31. The Bertz CT molecular complexity index is 821. The summed E-state index contributed by atoms with van der Waals surface area (Å²) >= 11 is 0. The molecule has 9 heteroatoms. The van der Waals surface area contributed by atoms with Crippen molar-refractivity contribution < 1.29 is 16.8 Å². The van der Waals surface area contributed by atoms with Crippen molar-refractivity contribution in [2.75, 3.05) is 12.8 Å². The summed E-state index contributed by atoms with van der Waals surface area (Å²) in [6.45, 7) is 9.06. The Kier molecular flexibility index (Phi) is 8.12. The van der Waals surface area contributed by atoms with Gasteiger partial charge in [-0.25, -0.2) is 21.6 Å². The molecule has 1 atom stereocenters. The van der Waals surface area contributed by atoms with Crippen LogP contribution in [0.15, 0.2) is 21.9 Å². The SMILES string of the molecule is Cc1cc(S(C)(=O)=O)c(C)c(S(=O)(=O)NC(C)(CN)CC(C)C)c1.Cl. The number of hydrogen-bond acceptors (Lipinski definition) is 5. The highest BCUT2D eigenvalue weighted by molar-refractivity contribution is 7.91. The van der Waals surface area contributed by atoms with Gasteiger partial charge in [-0.3, -0.25) is 0 Å². The standard InChI is InChI=1S/C16H28N2O4S2.ClH/c1-11(2)9-16(5,10-17)18-24(21,22)15-8-12(3)7-14(13(15)4)23(6,19)20;/h7-8,11,18H,9-10,17H2,1-6H3;1H. The molecule has 0 heterocycles. The maximum Gasteiger partial charge on any atom is 0.241 e. The molecule has 1 aromatic rings. The second-order valence-corrected chi connectivity index (χ2v) is 10.8. The van der Waals surface area contributed by atoms with Gasteiger partial charge in [-0.15, -0.1) is 12.4 Å². The molecule has 0 aliphatic carbocycles. The van der Waals surface area contributed by atoms with E-state index in [1.807, 2.05) is 13.8 Å². The fraction of sp³-hybridized carbons (Fsp3) is 0.625. The molecule has 3 N–H and O–H groups in total. The van der Waals surface area contributed by atoms with Crippen LogP contribution < -0.4 is 10.5 Å². The van der Waals surface area contributed by atoms with Crippen LogP contribution in [0.3, 0.4) is 0 Å². The minimum Gasteiger partial charge on any atom is -0.329 e. The van der Waals surface area contributed by atoms with Gasteiger partial charge < -0.3 is 5.73 Å². The highest BCUT2D eigenvalue weighted by Crippen LogP contribution is 2.27. The van der Waals surface area contributed by atoms with Crippen LogP contribution in [0.25, 0.3) is 0 Å². The van der Waals surface area contributed by atoms with E-state index in [4.69, 9.17) is 5.73 Å². The quantitative estimate of drug-likeness (QED) is 0.713. The van der Waals surface area contributed by atoms with E-state index < -0.39 is 25.4 Å². The van der Waals surface area contributed by atoms with Crippen LogP contribution in [0.2, 0.25) is 0 Å². The first-order chi connectivity index (χ1) is 10.7. The highest BCUT2D eigenvalue weighted by Gasteiger charge is 2.32. The Balaban J connectivity index is 0.00000576. The monoisotopic (exact) mass is 412 g/mol. The van der Waals surface area contributed by atoms with Gasteiger partial charge in [0.25, 0.3) is 0 Å². The molecule has 1 unspecified atom stereocenters. The summed E-state index contributed by atoms with van der Waals surface area (Å²) in [4.78, 5) is 0.00698. The number of sulfone groups is 1. The van der Waals surface area contributed by atoms with Gasteiger partial charge in [0, 0.05) is 18.3 Å². The largest absolute Gasteiger partial charge is 0.329 e. The van der Waals surface area contributed by atoms with Gasteiger partial charge in [-0.2, -0.15) is 0 Å². The van der Waals surface area contributed by atoms with Gasteiger partial charge in [0.2, 0.25) is 10.0 Å². The van der Waals surface area contributed by atoms with Crippen molar-refractivity contribution in [1.29, 1.82) is 0 Å². The second-order valence-electron chi connectivity index (χ2n) is 7.13. The summed E-state index contributed by atoms with van der Waals surface area (Å²) in [5, 5.41) is 0. The van der Waals surface area contributed by atoms with Crippen molar-refractivity contribution in [3.63, 3.8) is 0 Å². The molecule has 0 aromatic heterocycles. The smallest absolute Gasteiger partial charge is 0.241 e. The van der Waals surface area contributed by atoms with Gasteiger partial charge in [0.15, 0.2) is 9.84 Å². The molecule has 0 bridgehead atoms. The number of hydrogen-bond donors (Lipinski definition) is 2. The minimum absolute atomic E-state index is 0. The number of halogens is 1. The molecule has 1 aromatic carbocycles. The summed E-state index contributed by atoms with van der Waals surface area (Å²) in [5.41, 5.74) is 5.78. The predicted octanol–water partition coefficient (Wildman–Crippen LogP) is 2.17. The molecule has 0 aliphatic rings. The van der Waals surface area contributed by atoms with E-state index in [1.165, 1.54) is 19.1 Å². The molecular formula is C16H29ClN2O4S2. The van der Waals surface area contributed by atoms with Gasteiger partial charge in [0.1, 0.15) is 0 Å². The number of benzene rings is 1. The van der Waals surface area contributed by atoms with Crippen molar-refractivity contribution in [2.24, 2.45) is 11.7 Å². The van der Waals surface area contributed by atoms with Gasteiger partial charge in [-0.1, -0.05) is 13.8 Å². The van der Waals surface area contributed by atoms with E-state index in [9.17, 15) is 16.8 Å². The molecule has 0 saturated carbocycles. The zero-order chi connectivity index (χ0) is 18.9. The van der Waals surface area contributed by atoms with Crippen LogP contribution in [0.5, 0.6) is 0 Å². The van der Waals surface area contributed by atoms with E-state index in [-0.39, 0.29) is 40.2 Å². The van der Waals surface area contributed by atoms with Crippen molar-refractivity contribution in [3.05, 3.63) is 23.3 Å². The lowest BCUT2D eigenvalue weighted by molar-refractivity contribution is 0.344. The van der Waals surface area contributed by atoms with Gasteiger partial charge in [-0.05, 0) is 56.4 Å². The normalized spacial score (nSPS) is 14.9. The first-order valence-corrected chi connectivity index (χ1v) is 11.1. The second kappa shape index (κ2) is 8.35. The molecule has 6 nitrogen and oxygen atoms in total. The first kappa shape index (κ1) is 24.3. The maximum absolute atomic E-state index is 12.9. The molecule has 25 heavy (non-hydrogen) atoms. The number of sulfonamides is 1. The molecule has 0 aliphatic heterocycles. The average molecular weight is 413 g/mol. The molecular weight excluding hydrogens is 384 g/mol. The average Bonchev–Trinajstić information content (AvgIpc) is 2.38. The third-order valence-electron chi connectivity index (χ3n) is 3.84. The Morgan fingerprint density at radius 1 is 1.12 bits per heavy atom. The highest BCUT2D eigenvalue weighted by atomic mass is 35.5. The van der Waals surface area contributed by atoms with Crippen LogP contribution in [0.4, 0.5) is 0 Å². The number of aryl methyl sites for hydroxylation is 1. The number of rotatable bonds is 7. The van der Waals surface area contributed by atoms with Crippen molar-refractivity contribution in [1.82, 2.24) is 4.72 Å². The Morgan fingerprint density at radius 3 is 2.00 bits per heavy atom. The fourth-order valence-electron chi connectivity index (χ4n) is 2.90. The van der Waals surface area contributed by atoms with Crippen LogP contribution in [-0.4, -0.2) is 35.2 Å². The molecule has 1 rings (SSSR count). The third-order valence-corrected chi connectivity index (χ3v) is 6.82. The zero-order valence-electron chi connectivity index (χ0n) is 15.6.